The quantitative estimate of drug-likeness (QED) is 0.580. The number of anilines is 3. The summed E-state index contributed by atoms with van der Waals surface area (Å²) >= 11 is 17.3. The van der Waals surface area contributed by atoms with Gasteiger partial charge in [-0.3, -0.25) is 13.9 Å². The number of para-hydroxylation sites is 1. The number of hydrogen-bond donors (Lipinski definition) is 1. The van der Waals surface area contributed by atoms with Crippen molar-refractivity contribution >= 4 is 68.8 Å². The molecule has 0 bridgehead atoms. The van der Waals surface area contributed by atoms with E-state index in [9.17, 15) is 9.59 Å². The van der Waals surface area contributed by atoms with Crippen LogP contribution >= 0.6 is 34.8 Å². The van der Waals surface area contributed by atoms with Crippen molar-refractivity contribution in [1.82, 2.24) is 9.13 Å². The average Bonchev–Trinajstić information content (AvgIpc) is 2.97. The van der Waals surface area contributed by atoms with Crippen molar-refractivity contribution in [2.45, 2.75) is 3.79 Å². The van der Waals surface area contributed by atoms with Crippen molar-refractivity contribution in [3.8, 4) is 0 Å². The smallest absolute Gasteiger partial charge is 0.328 e. The Balaban J connectivity index is 1.70. The van der Waals surface area contributed by atoms with Crippen LogP contribution in [-0.2, 0) is 18.9 Å². The van der Waals surface area contributed by atoms with Crippen molar-refractivity contribution in [1.29, 1.82) is 0 Å². The van der Waals surface area contributed by atoms with Gasteiger partial charge in [0.05, 0.1) is 22.4 Å². The minimum atomic E-state index is -2.10. The van der Waals surface area contributed by atoms with Crippen LogP contribution in [0.3, 0.4) is 0 Å². The van der Waals surface area contributed by atoms with Crippen LogP contribution in [0.5, 0.6) is 0 Å². The fourth-order valence-electron chi connectivity index (χ4n) is 3.93. The monoisotopic (exact) mass is 481 g/mol. The Bertz CT molecular complexity index is 1180. The predicted octanol–water partition coefficient (Wildman–Crippen LogP) is 3.51. The minimum absolute atomic E-state index is 0.153. The highest BCUT2D eigenvalue weighted by molar-refractivity contribution is 6.76. The third kappa shape index (κ3) is 4.22. The van der Waals surface area contributed by atoms with Gasteiger partial charge in [0.15, 0.2) is 0 Å². The molecule has 1 fully saturated rings. The molecule has 4 rings (SSSR count). The Morgan fingerprint density at radius 1 is 0.903 bits per heavy atom. The summed E-state index contributed by atoms with van der Waals surface area (Å²) in [7, 11) is 3.41. The molecule has 0 spiro atoms. The first-order valence-electron chi connectivity index (χ1n) is 9.79. The van der Waals surface area contributed by atoms with Crippen LogP contribution < -0.4 is 20.8 Å². The maximum absolute atomic E-state index is 12.4. The number of nitrogens with zero attached hydrogens (tertiary/aromatic N) is 4. The molecule has 1 N–H and O–H groups in total. The highest BCUT2D eigenvalue weighted by Crippen LogP contribution is 2.35. The van der Waals surface area contributed by atoms with Crippen LogP contribution in [0.4, 0.5) is 17.1 Å². The number of rotatable bonds is 3. The second-order valence-electron chi connectivity index (χ2n) is 7.52. The Morgan fingerprint density at radius 2 is 1.45 bits per heavy atom. The number of carbonyl (C=O) groups excluding carboxylic acids is 1. The number of aryl methyl sites for hydroxylation is 2. The summed E-state index contributed by atoms with van der Waals surface area (Å²) in [6, 6.07) is 13.9. The Labute approximate surface area is 194 Å². The number of hydrogen-bond acceptors (Lipinski definition) is 4. The summed E-state index contributed by atoms with van der Waals surface area (Å²) in [6.07, 6.45) is 0. The molecule has 0 saturated carbocycles. The molecule has 31 heavy (non-hydrogen) atoms. The average molecular weight is 483 g/mol. The van der Waals surface area contributed by atoms with Gasteiger partial charge in [0.1, 0.15) is 0 Å². The van der Waals surface area contributed by atoms with Gasteiger partial charge in [0, 0.05) is 46.0 Å². The third-order valence-electron chi connectivity index (χ3n) is 5.64. The van der Waals surface area contributed by atoms with Crippen molar-refractivity contribution < 1.29 is 4.79 Å². The first-order chi connectivity index (χ1) is 14.7. The molecule has 2 heterocycles. The van der Waals surface area contributed by atoms with E-state index < -0.39 is 9.70 Å². The molecule has 7 nitrogen and oxygen atoms in total. The van der Waals surface area contributed by atoms with Gasteiger partial charge in [-0.25, -0.2) is 4.79 Å². The normalized spacial score (nSPS) is 14.9. The topological polar surface area (TPSA) is 62.5 Å². The first kappa shape index (κ1) is 21.9. The summed E-state index contributed by atoms with van der Waals surface area (Å²) < 4.78 is 1.01. The number of alkyl halides is 3. The molecule has 10 heteroatoms. The van der Waals surface area contributed by atoms with Crippen LogP contribution in [0.25, 0.3) is 11.0 Å². The number of carbonyl (C=O) groups is 1. The third-order valence-corrected chi connectivity index (χ3v) is 6.15. The Morgan fingerprint density at radius 3 is 2.03 bits per heavy atom. The van der Waals surface area contributed by atoms with E-state index in [1.54, 1.807) is 24.7 Å². The van der Waals surface area contributed by atoms with E-state index in [0.717, 1.165) is 37.4 Å². The Kier molecular flexibility index (Phi) is 5.85. The van der Waals surface area contributed by atoms with E-state index in [1.165, 1.54) is 10.3 Å². The van der Waals surface area contributed by atoms with Crippen LogP contribution in [-0.4, -0.2) is 45.0 Å². The molecular weight excluding hydrogens is 461 g/mol. The SMILES string of the molecule is Cn1c(=O)n(C)c2cc(N3CCN(c4ccccc4)CC3)c(NC(=O)C(Cl)(Cl)Cl)cc21. The van der Waals surface area contributed by atoms with E-state index in [-0.39, 0.29) is 5.69 Å². The van der Waals surface area contributed by atoms with Gasteiger partial charge < -0.3 is 15.1 Å². The fourth-order valence-corrected chi connectivity index (χ4v) is 4.08. The number of amides is 1. The number of nitrogens with one attached hydrogen (secondary N) is 1. The van der Waals surface area contributed by atoms with Crippen LogP contribution in [0, 0.1) is 0 Å². The molecule has 1 aromatic heterocycles. The number of piperazine rings is 1. The number of fused-ring (bicyclic) bond motifs is 1. The molecule has 164 valence electrons. The number of halogens is 3. The predicted molar refractivity (Wildman–Crippen MR) is 128 cm³/mol. The summed E-state index contributed by atoms with van der Waals surface area (Å²) in [5, 5.41) is 2.72. The van der Waals surface area contributed by atoms with Gasteiger partial charge in [-0.05, 0) is 24.3 Å². The van der Waals surface area contributed by atoms with Crippen LogP contribution in [0.1, 0.15) is 0 Å². The summed E-state index contributed by atoms with van der Waals surface area (Å²) in [6.45, 7) is 3.09. The van der Waals surface area contributed by atoms with E-state index in [4.69, 9.17) is 34.8 Å². The first-order valence-corrected chi connectivity index (χ1v) is 10.9. The molecule has 3 aromatic rings. The number of imidazole rings is 1. The fraction of sp³-hybridized carbons (Fsp3) is 0.333. The molecule has 0 unspecified atom stereocenters. The highest BCUT2D eigenvalue weighted by Gasteiger charge is 2.32. The molecule has 1 saturated heterocycles. The van der Waals surface area contributed by atoms with Crippen LogP contribution in [0.2, 0.25) is 0 Å². The molecular formula is C21H22Cl3N5O2. The van der Waals surface area contributed by atoms with Gasteiger partial charge in [-0.1, -0.05) is 53.0 Å². The molecule has 0 radical (unpaired) electrons. The van der Waals surface area contributed by atoms with Crippen molar-refractivity contribution in [2.24, 2.45) is 14.1 Å². The lowest BCUT2D eigenvalue weighted by molar-refractivity contribution is -0.115. The molecule has 1 aliphatic heterocycles. The number of aromatic nitrogens is 2. The van der Waals surface area contributed by atoms with Gasteiger partial charge in [0.25, 0.3) is 9.70 Å². The summed E-state index contributed by atoms with van der Waals surface area (Å²) in [5.74, 6) is -0.748. The minimum Gasteiger partial charge on any atom is -0.368 e. The van der Waals surface area contributed by atoms with E-state index in [1.807, 2.05) is 24.3 Å². The van der Waals surface area contributed by atoms with E-state index in [0.29, 0.717) is 11.2 Å². The molecule has 0 atom stereocenters. The zero-order valence-corrected chi connectivity index (χ0v) is 19.4. The van der Waals surface area contributed by atoms with Gasteiger partial charge in [-0.15, -0.1) is 0 Å². The van der Waals surface area contributed by atoms with Crippen molar-refractivity contribution in [3.05, 3.63) is 52.9 Å². The summed E-state index contributed by atoms with van der Waals surface area (Å²) in [5.41, 5.74) is 3.74. The zero-order valence-electron chi connectivity index (χ0n) is 17.1. The summed E-state index contributed by atoms with van der Waals surface area (Å²) in [4.78, 5) is 29.3. The van der Waals surface area contributed by atoms with E-state index >= 15 is 0 Å². The van der Waals surface area contributed by atoms with Crippen molar-refractivity contribution in [3.63, 3.8) is 0 Å². The molecule has 2 aromatic carbocycles. The zero-order chi connectivity index (χ0) is 22.3. The lowest BCUT2D eigenvalue weighted by Crippen LogP contribution is -2.46. The Hall–Kier alpha value is -2.35. The van der Waals surface area contributed by atoms with Crippen LogP contribution in [0.15, 0.2) is 47.3 Å². The molecule has 0 aliphatic carbocycles. The lowest BCUT2D eigenvalue weighted by atomic mass is 10.1. The van der Waals surface area contributed by atoms with E-state index in [2.05, 4.69) is 27.2 Å². The maximum atomic E-state index is 12.4. The maximum Gasteiger partial charge on any atom is 0.328 e. The van der Waals surface area contributed by atoms with Crippen molar-refractivity contribution in [2.75, 3.05) is 41.3 Å². The standard InChI is InChI=1S/C21H22Cl3N5O2/c1-26-17-12-15(25-19(30)21(22,23)24)16(13-18(17)27(2)20(26)31)29-10-8-28(9-11-29)14-6-4-3-5-7-14/h3-7,12-13H,8-11H2,1-2H3,(H,25,30). The molecule has 1 amide bonds. The second kappa shape index (κ2) is 8.30. The van der Waals surface area contributed by atoms with Gasteiger partial charge in [-0.2, -0.15) is 0 Å². The molecule has 1 aliphatic rings. The highest BCUT2D eigenvalue weighted by atomic mass is 35.6. The number of benzene rings is 2. The van der Waals surface area contributed by atoms with Gasteiger partial charge >= 0.3 is 5.69 Å². The van der Waals surface area contributed by atoms with Gasteiger partial charge in [0.2, 0.25) is 0 Å². The largest absolute Gasteiger partial charge is 0.368 e. The lowest BCUT2D eigenvalue weighted by Gasteiger charge is -2.38. The second-order valence-corrected chi connectivity index (χ2v) is 9.80.